The summed E-state index contributed by atoms with van der Waals surface area (Å²) in [7, 11) is 0. The first kappa shape index (κ1) is 15.4. The van der Waals surface area contributed by atoms with Crippen molar-refractivity contribution in [3.8, 4) is 6.07 Å². The van der Waals surface area contributed by atoms with E-state index in [2.05, 4.69) is 30.1 Å². The van der Waals surface area contributed by atoms with Crippen molar-refractivity contribution in [2.24, 2.45) is 0 Å². The third-order valence-electron chi connectivity index (χ3n) is 2.95. The van der Waals surface area contributed by atoms with Gasteiger partial charge in [0.25, 0.3) is 0 Å². The van der Waals surface area contributed by atoms with Crippen molar-refractivity contribution < 1.29 is 0 Å². The summed E-state index contributed by atoms with van der Waals surface area (Å²) in [4.78, 5) is 2.45. The molecule has 0 bridgehead atoms. The highest BCUT2D eigenvalue weighted by Crippen LogP contribution is 2.11. The Morgan fingerprint density at radius 2 is 1.94 bits per heavy atom. The Hall–Kier alpha value is -0.590. The predicted molar refractivity (Wildman–Crippen MR) is 69.3 cm³/mol. The van der Waals surface area contributed by atoms with E-state index in [-0.39, 0.29) is 5.54 Å². The lowest BCUT2D eigenvalue weighted by atomic mass is 9.97. The molecule has 0 spiro atoms. The average molecular weight is 225 g/mol. The molecule has 0 saturated carbocycles. The minimum Gasteiger partial charge on any atom is -0.304 e. The van der Waals surface area contributed by atoms with E-state index in [0.717, 1.165) is 32.5 Å². The Morgan fingerprint density at radius 1 is 1.25 bits per heavy atom. The maximum atomic E-state index is 9.12. The molecule has 3 nitrogen and oxygen atoms in total. The summed E-state index contributed by atoms with van der Waals surface area (Å²) in [5.74, 6) is 0. The minimum absolute atomic E-state index is 0.347. The molecule has 0 aliphatic rings. The van der Waals surface area contributed by atoms with Gasteiger partial charge in [0, 0.05) is 0 Å². The molecule has 0 aliphatic heterocycles. The lowest BCUT2D eigenvalue weighted by Crippen LogP contribution is -2.41. The van der Waals surface area contributed by atoms with Crippen molar-refractivity contribution in [2.75, 3.05) is 26.2 Å². The molecule has 0 aromatic heterocycles. The molecule has 3 heteroatoms. The molecule has 1 N–H and O–H groups in total. The van der Waals surface area contributed by atoms with Gasteiger partial charge in [-0.3, -0.25) is 5.32 Å². The van der Waals surface area contributed by atoms with E-state index in [1.165, 1.54) is 13.0 Å². The van der Waals surface area contributed by atoms with Gasteiger partial charge in [0.15, 0.2) is 0 Å². The van der Waals surface area contributed by atoms with E-state index in [1.807, 2.05) is 13.8 Å². The maximum absolute atomic E-state index is 9.12. The number of hydrogen-bond donors (Lipinski definition) is 1. The van der Waals surface area contributed by atoms with Crippen LogP contribution in [0.5, 0.6) is 0 Å². The Bertz CT molecular complexity index is 210. The molecule has 0 radical (unpaired) electrons. The van der Waals surface area contributed by atoms with Crippen molar-refractivity contribution >= 4 is 0 Å². The Balaban J connectivity index is 3.90. The highest BCUT2D eigenvalue weighted by molar-refractivity contribution is 5.03. The quantitative estimate of drug-likeness (QED) is 0.655. The molecular formula is C13H27N3. The number of rotatable bonds is 9. The van der Waals surface area contributed by atoms with Crippen LogP contribution in [0.1, 0.15) is 47.0 Å². The van der Waals surface area contributed by atoms with E-state index in [1.54, 1.807) is 0 Å². The van der Waals surface area contributed by atoms with E-state index < -0.39 is 0 Å². The molecule has 16 heavy (non-hydrogen) atoms. The molecule has 0 fully saturated rings. The average Bonchev–Trinajstić information content (AvgIpc) is 2.28. The standard InChI is InChI=1S/C13H27N3/c1-5-10-16(7-3)11-8-9-13(4,12-14)15-6-2/h15H,5-11H2,1-4H3. The highest BCUT2D eigenvalue weighted by Gasteiger charge is 2.21. The molecule has 0 heterocycles. The summed E-state index contributed by atoms with van der Waals surface area (Å²) >= 11 is 0. The molecule has 0 aromatic carbocycles. The van der Waals surface area contributed by atoms with Crippen LogP contribution >= 0.6 is 0 Å². The smallest absolute Gasteiger partial charge is 0.103 e. The SMILES string of the molecule is CCCN(CC)CCCC(C)(C#N)NCC. The zero-order chi connectivity index (χ0) is 12.4. The van der Waals surface area contributed by atoms with Crippen LogP contribution < -0.4 is 5.32 Å². The topological polar surface area (TPSA) is 39.1 Å². The molecule has 0 aromatic rings. The van der Waals surface area contributed by atoms with Crippen LogP contribution in [0.25, 0.3) is 0 Å². The zero-order valence-corrected chi connectivity index (χ0v) is 11.3. The maximum Gasteiger partial charge on any atom is 0.103 e. The Morgan fingerprint density at radius 3 is 2.38 bits per heavy atom. The van der Waals surface area contributed by atoms with Crippen LogP contribution in [-0.2, 0) is 0 Å². The van der Waals surface area contributed by atoms with Crippen LogP contribution in [0.2, 0.25) is 0 Å². The lowest BCUT2D eigenvalue weighted by Gasteiger charge is -2.25. The van der Waals surface area contributed by atoms with Gasteiger partial charge in [-0.1, -0.05) is 20.8 Å². The molecule has 0 saturated heterocycles. The summed E-state index contributed by atoms with van der Waals surface area (Å²) in [6.07, 6.45) is 3.22. The summed E-state index contributed by atoms with van der Waals surface area (Å²) in [6.45, 7) is 12.7. The first-order chi connectivity index (χ1) is 7.61. The van der Waals surface area contributed by atoms with Gasteiger partial charge in [-0.25, -0.2) is 0 Å². The van der Waals surface area contributed by atoms with Crippen LogP contribution in [-0.4, -0.2) is 36.6 Å². The Labute approximate surface area is 101 Å². The molecule has 0 amide bonds. The van der Waals surface area contributed by atoms with Crippen LogP contribution in [0, 0.1) is 11.3 Å². The summed E-state index contributed by atoms with van der Waals surface area (Å²) in [6, 6.07) is 2.37. The van der Waals surface area contributed by atoms with Crippen molar-refractivity contribution in [3.63, 3.8) is 0 Å². The number of nitrogens with zero attached hydrogens (tertiary/aromatic N) is 2. The third-order valence-corrected chi connectivity index (χ3v) is 2.95. The molecule has 0 rings (SSSR count). The van der Waals surface area contributed by atoms with Gasteiger partial charge in [-0.2, -0.15) is 5.26 Å². The fourth-order valence-corrected chi connectivity index (χ4v) is 1.97. The van der Waals surface area contributed by atoms with Crippen LogP contribution in [0.4, 0.5) is 0 Å². The fraction of sp³-hybridized carbons (Fsp3) is 0.923. The van der Waals surface area contributed by atoms with E-state index in [0.29, 0.717) is 0 Å². The van der Waals surface area contributed by atoms with Gasteiger partial charge < -0.3 is 4.90 Å². The first-order valence-corrected chi connectivity index (χ1v) is 6.50. The second-order valence-corrected chi connectivity index (χ2v) is 4.51. The third kappa shape index (κ3) is 6.09. The second kappa shape index (κ2) is 8.55. The van der Waals surface area contributed by atoms with Crippen molar-refractivity contribution in [3.05, 3.63) is 0 Å². The normalized spacial score (nSPS) is 14.8. The number of nitrogens with one attached hydrogen (secondary N) is 1. The van der Waals surface area contributed by atoms with Gasteiger partial charge in [0.05, 0.1) is 6.07 Å². The predicted octanol–water partition coefficient (Wildman–Crippen LogP) is 2.39. The lowest BCUT2D eigenvalue weighted by molar-refractivity contribution is 0.270. The second-order valence-electron chi connectivity index (χ2n) is 4.51. The molecule has 94 valence electrons. The van der Waals surface area contributed by atoms with Gasteiger partial charge in [0.1, 0.15) is 5.54 Å². The van der Waals surface area contributed by atoms with Gasteiger partial charge >= 0.3 is 0 Å². The molecule has 1 atom stereocenters. The first-order valence-electron chi connectivity index (χ1n) is 6.50. The van der Waals surface area contributed by atoms with Crippen LogP contribution in [0.15, 0.2) is 0 Å². The Kier molecular flexibility index (Phi) is 8.23. The highest BCUT2D eigenvalue weighted by atomic mass is 15.1. The largest absolute Gasteiger partial charge is 0.304 e. The van der Waals surface area contributed by atoms with E-state index >= 15 is 0 Å². The van der Waals surface area contributed by atoms with Crippen molar-refractivity contribution in [1.29, 1.82) is 5.26 Å². The summed E-state index contributed by atoms with van der Waals surface area (Å²) in [5, 5.41) is 12.4. The summed E-state index contributed by atoms with van der Waals surface area (Å²) < 4.78 is 0. The zero-order valence-electron chi connectivity index (χ0n) is 11.3. The number of hydrogen-bond acceptors (Lipinski definition) is 3. The van der Waals surface area contributed by atoms with Crippen molar-refractivity contribution in [1.82, 2.24) is 10.2 Å². The van der Waals surface area contributed by atoms with Crippen molar-refractivity contribution in [2.45, 2.75) is 52.5 Å². The minimum atomic E-state index is -0.347. The monoisotopic (exact) mass is 225 g/mol. The molecule has 1 unspecified atom stereocenters. The van der Waals surface area contributed by atoms with E-state index in [9.17, 15) is 0 Å². The fourth-order valence-electron chi connectivity index (χ4n) is 1.97. The molecule has 0 aliphatic carbocycles. The van der Waals surface area contributed by atoms with E-state index in [4.69, 9.17) is 5.26 Å². The van der Waals surface area contributed by atoms with Gasteiger partial charge in [-0.05, 0) is 52.4 Å². The molecular weight excluding hydrogens is 198 g/mol. The van der Waals surface area contributed by atoms with Gasteiger partial charge in [0.2, 0.25) is 0 Å². The summed E-state index contributed by atoms with van der Waals surface area (Å²) in [5.41, 5.74) is -0.347. The van der Waals surface area contributed by atoms with Crippen LogP contribution in [0.3, 0.4) is 0 Å². The number of nitriles is 1. The van der Waals surface area contributed by atoms with Gasteiger partial charge in [-0.15, -0.1) is 0 Å².